The fourth-order valence-electron chi connectivity index (χ4n) is 2.39. The van der Waals surface area contributed by atoms with Crippen molar-refractivity contribution < 1.29 is 22.4 Å². The van der Waals surface area contributed by atoms with E-state index in [0.29, 0.717) is 11.3 Å². The molecule has 1 heterocycles. The lowest BCUT2D eigenvalue weighted by Crippen LogP contribution is -2.14. The highest BCUT2D eigenvalue weighted by molar-refractivity contribution is 6.29. The third-order valence-corrected chi connectivity index (χ3v) is 3.61. The van der Waals surface area contributed by atoms with Crippen LogP contribution < -0.4 is 5.32 Å². The molecule has 132 valence electrons. The van der Waals surface area contributed by atoms with Gasteiger partial charge in [0, 0.05) is 5.69 Å². The Balaban J connectivity index is 1.92. The number of amides is 1. The highest BCUT2D eigenvalue weighted by atomic mass is 19.4. The largest absolute Gasteiger partial charge is 0.465 e. The van der Waals surface area contributed by atoms with Crippen molar-refractivity contribution in [1.82, 2.24) is 0 Å². The first-order chi connectivity index (χ1) is 12.4. The highest BCUT2D eigenvalue weighted by Crippen LogP contribution is 2.31. The van der Waals surface area contributed by atoms with Crippen LogP contribution in [0.4, 0.5) is 18.9 Å². The molecule has 3 rings (SSSR count). The van der Waals surface area contributed by atoms with Gasteiger partial charge in [-0.2, -0.15) is 13.2 Å². The van der Waals surface area contributed by atoms with Gasteiger partial charge >= 0.3 is 6.18 Å². The minimum Gasteiger partial charge on any atom is -0.465 e. The Morgan fingerprint density at radius 1 is 0.962 bits per heavy atom. The summed E-state index contributed by atoms with van der Waals surface area (Å²) < 4.78 is 43.8. The molecule has 26 heavy (non-hydrogen) atoms. The molecule has 0 saturated carbocycles. The van der Waals surface area contributed by atoms with Crippen molar-refractivity contribution in [3.8, 4) is 0 Å². The van der Waals surface area contributed by atoms with Crippen LogP contribution in [0.25, 0.3) is 11.6 Å². The number of hydrogen-bond donors (Lipinski definition) is 1. The maximum atomic E-state index is 12.8. The molecular weight excluding hydrogens is 343 g/mol. The van der Waals surface area contributed by atoms with Crippen LogP contribution in [-0.2, 0) is 11.0 Å². The topological polar surface area (TPSA) is 42.2 Å². The molecule has 0 fully saturated rings. The van der Waals surface area contributed by atoms with E-state index in [-0.39, 0.29) is 11.3 Å². The Kier molecular flexibility index (Phi) is 4.93. The van der Waals surface area contributed by atoms with Gasteiger partial charge < -0.3 is 9.73 Å². The SMILES string of the molecule is O=C(Nc1cccc(C(F)(F)F)c1)/C(=C\c1ccco1)c1ccccc1. The van der Waals surface area contributed by atoms with Crippen LogP contribution in [0, 0.1) is 0 Å². The first-order valence-corrected chi connectivity index (χ1v) is 7.73. The average Bonchev–Trinajstić information content (AvgIpc) is 3.13. The van der Waals surface area contributed by atoms with Crippen LogP contribution in [0.15, 0.2) is 77.4 Å². The summed E-state index contributed by atoms with van der Waals surface area (Å²) in [6.45, 7) is 0. The summed E-state index contributed by atoms with van der Waals surface area (Å²) in [7, 11) is 0. The zero-order valence-corrected chi connectivity index (χ0v) is 13.5. The third-order valence-electron chi connectivity index (χ3n) is 3.61. The van der Waals surface area contributed by atoms with Crippen molar-refractivity contribution in [3.63, 3.8) is 0 Å². The molecule has 1 aromatic heterocycles. The standard InChI is InChI=1S/C20H14F3NO2/c21-20(22,23)15-8-4-9-16(12-15)24-19(25)18(13-17-10-5-11-26-17)14-6-2-1-3-7-14/h1-13H,(H,24,25)/b18-13-. The minimum atomic E-state index is -4.48. The van der Waals surface area contributed by atoms with Crippen LogP contribution in [0.3, 0.4) is 0 Å². The summed E-state index contributed by atoms with van der Waals surface area (Å²) in [4.78, 5) is 12.7. The zero-order chi connectivity index (χ0) is 18.6. The van der Waals surface area contributed by atoms with Gasteiger partial charge in [-0.1, -0.05) is 36.4 Å². The second-order valence-electron chi connectivity index (χ2n) is 5.47. The molecule has 0 saturated heterocycles. The number of furan rings is 1. The fourth-order valence-corrected chi connectivity index (χ4v) is 2.39. The molecule has 6 heteroatoms. The number of carbonyl (C=O) groups excluding carboxylic acids is 1. The van der Waals surface area contributed by atoms with Crippen molar-refractivity contribution in [2.45, 2.75) is 6.18 Å². The smallest absolute Gasteiger partial charge is 0.416 e. The Bertz CT molecular complexity index is 914. The van der Waals surface area contributed by atoms with Gasteiger partial charge in [0.05, 0.1) is 17.4 Å². The summed E-state index contributed by atoms with van der Waals surface area (Å²) >= 11 is 0. The Morgan fingerprint density at radius 3 is 2.38 bits per heavy atom. The van der Waals surface area contributed by atoms with Crippen molar-refractivity contribution in [2.75, 3.05) is 5.32 Å². The van der Waals surface area contributed by atoms with Crippen molar-refractivity contribution in [3.05, 3.63) is 89.9 Å². The van der Waals surface area contributed by atoms with E-state index in [1.54, 1.807) is 42.5 Å². The molecule has 3 nitrogen and oxygen atoms in total. The highest BCUT2D eigenvalue weighted by Gasteiger charge is 2.30. The van der Waals surface area contributed by atoms with Gasteiger partial charge in [-0.25, -0.2) is 0 Å². The number of rotatable bonds is 4. The van der Waals surface area contributed by atoms with E-state index in [9.17, 15) is 18.0 Å². The first kappa shape index (κ1) is 17.5. The van der Waals surface area contributed by atoms with E-state index >= 15 is 0 Å². The van der Waals surface area contributed by atoms with Gasteiger partial charge in [0.1, 0.15) is 5.76 Å². The molecule has 0 aliphatic carbocycles. The maximum absolute atomic E-state index is 12.8. The van der Waals surface area contributed by atoms with Crippen molar-refractivity contribution >= 4 is 23.2 Å². The second kappa shape index (κ2) is 7.31. The Hall–Kier alpha value is -3.28. The Morgan fingerprint density at radius 2 is 1.73 bits per heavy atom. The molecule has 2 aromatic carbocycles. The molecule has 1 N–H and O–H groups in total. The van der Waals surface area contributed by atoms with Gasteiger partial charge in [0.25, 0.3) is 5.91 Å². The summed E-state index contributed by atoms with van der Waals surface area (Å²) in [5, 5.41) is 2.52. The fraction of sp³-hybridized carbons (Fsp3) is 0.0500. The number of anilines is 1. The molecule has 0 unspecified atom stereocenters. The lowest BCUT2D eigenvalue weighted by molar-refractivity contribution is -0.137. The molecule has 0 spiro atoms. The van der Waals surface area contributed by atoms with Crippen molar-refractivity contribution in [2.24, 2.45) is 0 Å². The second-order valence-corrected chi connectivity index (χ2v) is 5.47. The van der Waals surface area contributed by atoms with E-state index in [4.69, 9.17) is 4.42 Å². The number of alkyl halides is 3. The number of carbonyl (C=O) groups is 1. The monoisotopic (exact) mass is 357 g/mol. The predicted octanol–water partition coefficient (Wildman–Crippen LogP) is 5.48. The van der Waals surface area contributed by atoms with Gasteiger partial charge in [-0.3, -0.25) is 4.79 Å². The van der Waals surface area contributed by atoms with Crippen LogP contribution in [0.5, 0.6) is 0 Å². The predicted molar refractivity (Wildman–Crippen MR) is 93.1 cm³/mol. The number of halogens is 3. The normalized spacial score (nSPS) is 12.0. The quantitative estimate of drug-likeness (QED) is 0.629. The number of benzene rings is 2. The summed E-state index contributed by atoms with van der Waals surface area (Å²) in [6.07, 6.45) is -1.47. The van der Waals surface area contributed by atoms with Crippen LogP contribution >= 0.6 is 0 Å². The van der Waals surface area contributed by atoms with Gasteiger partial charge in [0.2, 0.25) is 0 Å². The summed E-state index contributed by atoms with van der Waals surface area (Å²) in [5.41, 5.74) is 0.129. The molecule has 0 bridgehead atoms. The molecule has 1 amide bonds. The number of nitrogens with one attached hydrogen (secondary N) is 1. The lowest BCUT2D eigenvalue weighted by atomic mass is 10.0. The summed E-state index contributed by atoms with van der Waals surface area (Å²) in [5.74, 6) is -0.0741. The van der Waals surface area contributed by atoms with Crippen LogP contribution in [-0.4, -0.2) is 5.91 Å². The molecule has 0 radical (unpaired) electrons. The van der Waals surface area contributed by atoms with Crippen LogP contribution in [0.2, 0.25) is 0 Å². The van der Waals surface area contributed by atoms with Gasteiger partial charge in [-0.05, 0) is 42.0 Å². The first-order valence-electron chi connectivity index (χ1n) is 7.73. The lowest BCUT2D eigenvalue weighted by Gasteiger charge is -2.12. The summed E-state index contributed by atoms with van der Waals surface area (Å²) in [6, 6.07) is 16.7. The molecule has 3 aromatic rings. The van der Waals surface area contributed by atoms with E-state index in [2.05, 4.69) is 5.32 Å². The molecule has 0 aliphatic rings. The van der Waals surface area contributed by atoms with Gasteiger partial charge in [0.15, 0.2) is 0 Å². The van der Waals surface area contributed by atoms with E-state index in [1.165, 1.54) is 24.5 Å². The van der Waals surface area contributed by atoms with Crippen LogP contribution in [0.1, 0.15) is 16.9 Å². The maximum Gasteiger partial charge on any atom is 0.416 e. The van der Waals surface area contributed by atoms with E-state index < -0.39 is 17.6 Å². The molecular formula is C20H14F3NO2. The third kappa shape index (κ3) is 4.22. The van der Waals surface area contributed by atoms with E-state index in [1.807, 2.05) is 0 Å². The molecule has 0 atom stereocenters. The zero-order valence-electron chi connectivity index (χ0n) is 13.5. The van der Waals surface area contributed by atoms with E-state index in [0.717, 1.165) is 12.1 Å². The molecule has 0 aliphatic heterocycles. The Labute approximate surface area is 147 Å². The minimum absolute atomic E-state index is 0.0612. The average molecular weight is 357 g/mol. The van der Waals surface area contributed by atoms with Crippen molar-refractivity contribution in [1.29, 1.82) is 0 Å². The number of hydrogen-bond acceptors (Lipinski definition) is 2. The van der Waals surface area contributed by atoms with Gasteiger partial charge in [-0.15, -0.1) is 0 Å².